The van der Waals surface area contributed by atoms with Gasteiger partial charge in [0.1, 0.15) is 0 Å². The van der Waals surface area contributed by atoms with Gasteiger partial charge in [-0.25, -0.2) is 9.67 Å². The minimum Gasteiger partial charge on any atom is -0.265 e. The van der Waals surface area contributed by atoms with Gasteiger partial charge in [0, 0.05) is 29.4 Å². The topological polar surface area (TPSA) is 43.6 Å². The number of pyridine rings is 1. The summed E-state index contributed by atoms with van der Waals surface area (Å²) >= 11 is 12.4. The highest BCUT2D eigenvalue weighted by Crippen LogP contribution is 2.28. The maximum atomic E-state index is 6.39. The van der Waals surface area contributed by atoms with Crippen LogP contribution in [0.3, 0.4) is 0 Å². The Morgan fingerprint density at radius 2 is 1.80 bits per heavy atom. The van der Waals surface area contributed by atoms with E-state index in [2.05, 4.69) is 11.9 Å². The van der Waals surface area contributed by atoms with Gasteiger partial charge in [0.15, 0.2) is 11.6 Å². The number of hydrogen-bond donors (Lipinski definition) is 0. The molecule has 0 amide bonds. The van der Waals surface area contributed by atoms with Crippen LogP contribution >= 0.6 is 23.2 Å². The van der Waals surface area contributed by atoms with Gasteiger partial charge >= 0.3 is 0 Å². The third kappa shape index (κ3) is 4.39. The second-order valence-corrected chi connectivity index (χ2v) is 6.75. The molecule has 130 valence electrons. The lowest BCUT2D eigenvalue weighted by Crippen LogP contribution is -2.01. The number of nitrogens with zero attached hydrogens (tertiary/aromatic N) is 4. The van der Waals surface area contributed by atoms with Crippen molar-refractivity contribution in [1.29, 1.82) is 0 Å². The molecule has 0 N–H and O–H groups in total. The number of aromatic nitrogens is 4. The van der Waals surface area contributed by atoms with Gasteiger partial charge in [-0.05, 0) is 36.8 Å². The van der Waals surface area contributed by atoms with Crippen LogP contribution in [0.4, 0.5) is 0 Å². The Labute approximate surface area is 157 Å². The molecule has 0 atom stereocenters. The van der Waals surface area contributed by atoms with E-state index in [1.807, 2.05) is 24.3 Å². The molecule has 6 heteroatoms. The van der Waals surface area contributed by atoms with Crippen molar-refractivity contribution in [1.82, 2.24) is 19.7 Å². The number of aryl methyl sites for hydroxylation is 1. The highest BCUT2D eigenvalue weighted by molar-refractivity contribution is 6.35. The van der Waals surface area contributed by atoms with Crippen molar-refractivity contribution < 1.29 is 0 Å². The van der Waals surface area contributed by atoms with E-state index in [0.29, 0.717) is 10.0 Å². The maximum Gasteiger partial charge on any atom is 0.163 e. The summed E-state index contributed by atoms with van der Waals surface area (Å²) in [6, 6.07) is 9.24. The first kappa shape index (κ1) is 17.9. The number of halogens is 2. The summed E-state index contributed by atoms with van der Waals surface area (Å²) in [5, 5.41) is 5.85. The molecule has 2 heterocycles. The van der Waals surface area contributed by atoms with Gasteiger partial charge in [0.05, 0.1) is 10.7 Å². The van der Waals surface area contributed by atoms with Crippen LogP contribution in [0.1, 0.15) is 38.4 Å². The van der Waals surface area contributed by atoms with Crippen LogP contribution in [0.25, 0.3) is 17.1 Å². The van der Waals surface area contributed by atoms with Gasteiger partial charge in [-0.1, -0.05) is 49.4 Å². The highest BCUT2D eigenvalue weighted by Gasteiger charge is 2.15. The molecule has 0 fully saturated rings. The maximum absolute atomic E-state index is 6.39. The standard InChI is InChI=1S/C19H20Cl2N4/c1-2-3-4-5-6-18-23-19(14-9-11-22-12-10-14)25(24-18)17-8-7-15(20)13-16(17)21/h7-13H,2-6H2,1H3. The second-order valence-electron chi connectivity index (χ2n) is 5.91. The molecule has 0 aliphatic rings. The molecule has 0 saturated heterocycles. The molecular formula is C19H20Cl2N4. The van der Waals surface area contributed by atoms with Crippen LogP contribution in [-0.4, -0.2) is 19.7 Å². The Morgan fingerprint density at radius 3 is 2.52 bits per heavy atom. The smallest absolute Gasteiger partial charge is 0.163 e. The zero-order chi connectivity index (χ0) is 17.6. The number of benzene rings is 1. The third-order valence-corrected chi connectivity index (χ3v) is 4.52. The van der Waals surface area contributed by atoms with Crippen molar-refractivity contribution in [2.45, 2.75) is 39.0 Å². The fourth-order valence-corrected chi connectivity index (χ4v) is 3.17. The lowest BCUT2D eigenvalue weighted by molar-refractivity contribution is 0.650. The van der Waals surface area contributed by atoms with E-state index in [1.165, 1.54) is 19.3 Å². The number of unbranched alkanes of at least 4 members (excludes halogenated alkanes) is 3. The van der Waals surface area contributed by atoms with Gasteiger partial charge < -0.3 is 0 Å². The lowest BCUT2D eigenvalue weighted by atomic mass is 10.1. The normalized spacial score (nSPS) is 11.0. The van der Waals surface area contributed by atoms with E-state index in [0.717, 1.165) is 35.7 Å². The molecule has 4 nitrogen and oxygen atoms in total. The zero-order valence-electron chi connectivity index (χ0n) is 14.1. The van der Waals surface area contributed by atoms with Crippen molar-refractivity contribution in [2.24, 2.45) is 0 Å². The van der Waals surface area contributed by atoms with E-state index in [-0.39, 0.29) is 0 Å². The van der Waals surface area contributed by atoms with Crippen LogP contribution in [0.15, 0.2) is 42.7 Å². The first-order chi connectivity index (χ1) is 12.2. The Hall–Kier alpha value is -1.91. The molecule has 0 spiro atoms. The largest absolute Gasteiger partial charge is 0.265 e. The highest BCUT2D eigenvalue weighted by atomic mass is 35.5. The lowest BCUT2D eigenvalue weighted by Gasteiger charge is -2.08. The Morgan fingerprint density at radius 1 is 1.00 bits per heavy atom. The van der Waals surface area contributed by atoms with Crippen LogP contribution in [-0.2, 0) is 6.42 Å². The minimum atomic E-state index is 0.547. The van der Waals surface area contributed by atoms with E-state index < -0.39 is 0 Å². The second kappa shape index (κ2) is 8.45. The predicted octanol–water partition coefficient (Wildman–Crippen LogP) is 5.76. The SMILES string of the molecule is CCCCCCc1nc(-c2ccncc2)n(-c2ccc(Cl)cc2Cl)n1. The van der Waals surface area contributed by atoms with Crippen LogP contribution < -0.4 is 0 Å². The molecule has 2 aromatic heterocycles. The predicted molar refractivity (Wildman–Crippen MR) is 102 cm³/mol. The Balaban J connectivity index is 1.98. The summed E-state index contributed by atoms with van der Waals surface area (Å²) in [4.78, 5) is 8.83. The third-order valence-electron chi connectivity index (χ3n) is 3.98. The van der Waals surface area contributed by atoms with Gasteiger partial charge in [0.2, 0.25) is 0 Å². The molecule has 3 rings (SSSR count). The monoisotopic (exact) mass is 374 g/mol. The molecule has 1 aromatic carbocycles. The minimum absolute atomic E-state index is 0.547. The van der Waals surface area contributed by atoms with Gasteiger partial charge in [-0.15, -0.1) is 0 Å². The van der Waals surface area contributed by atoms with Crippen LogP contribution in [0, 0.1) is 0 Å². The summed E-state index contributed by atoms with van der Waals surface area (Å²) in [6.07, 6.45) is 9.08. The summed E-state index contributed by atoms with van der Waals surface area (Å²) in [5.41, 5.74) is 1.72. The van der Waals surface area contributed by atoms with Crippen molar-refractivity contribution in [3.63, 3.8) is 0 Å². The summed E-state index contributed by atoms with van der Waals surface area (Å²) < 4.78 is 1.79. The fourth-order valence-electron chi connectivity index (χ4n) is 2.68. The number of rotatable bonds is 7. The van der Waals surface area contributed by atoms with Crippen LogP contribution in [0.5, 0.6) is 0 Å². The van der Waals surface area contributed by atoms with E-state index in [4.69, 9.17) is 33.3 Å². The zero-order valence-corrected chi connectivity index (χ0v) is 15.6. The summed E-state index contributed by atoms with van der Waals surface area (Å²) in [5.74, 6) is 1.59. The average molecular weight is 375 g/mol. The molecule has 0 bridgehead atoms. The Kier molecular flexibility index (Phi) is 6.05. The number of hydrogen-bond acceptors (Lipinski definition) is 3. The summed E-state index contributed by atoms with van der Waals surface area (Å²) in [6.45, 7) is 2.21. The molecule has 0 radical (unpaired) electrons. The first-order valence-corrected chi connectivity index (χ1v) is 9.26. The van der Waals surface area contributed by atoms with Crippen molar-refractivity contribution in [3.8, 4) is 17.1 Å². The molecule has 0 saturated carbocycles. The molecule has 0 aliphatic heterocycles. The van der Waals surface area contributed by atoms with Crippen molar-refractivity contribution in [2.75, 3.05) is 0 Å². The molecule has 25 heavy (non-hydrogen) atoms. The molecule has 3 aromatic rings. The quantitative estimate of drug-likeness (QED) is 0.493. The molecular weight excluding hydrogens is 355 g/mol. The fraction of sp³-hybridized carbons (Fsp3) is 0.316. The first-order valence-electron chi connectivity index (χ1n) is 8.51. The van der Waals surface area contributed by atoms with Crippen molar-refractivity contribution in [3.05, 3.63) is 58.6 Å². The van der Waals surface area contributed by atoms with E-state index in [9.17, 15) is 0 Å². The van der Waals surface area contributed by atoms with Crippen molar-refractivity contribution >= 4 is 23.2 Å². The molecule has 0 aliphatic carbocycles. The van der Waals surface area contributed by atoms with E-state index >= 15 is 0 Å². The Bertz CT molecular complexity index is 831. The summed E-state index contributed by atoms with van der Waals surface area (Å²) in [7, 11) is 0. The van der Waals surface area contributed by atoms with Gasteiger partial charge in [-0.2, -0.15) is 5.10 Å². The van der Waals surface area contributed by atoms with E-state index in [1.54, 1.807) is 23.1 Å². The van der Waals surface area contributed by atoms with Gasteiger partial charge in [0.25, 0.3) is 0 Å². The molecule has 0 unspecified atom stereocenters. The van der Waals surface area contributed by atoms with Crippen LogP contribution in [0.2, 0.25) is 10.0 Å². The average Bonchev–Trinajstić information content (AvgIpc) is 3.03. The van der Waals surface area contributed by atoms with Gasteiger partial charge in [-0.3, -0.25) is 4.98 Å².